The maximum absolute atomic E-state index is 5.64. The van der Waals surface area contributed by atoms with Crippen molar-refractivity contribution in [3.63, 3.8) is 0 Å². The summed E-state index contributed by atoms with van der Waals surface area (Å²) >= 11 is 0. The highest BCUT2D eigenvalue weighted by Gasteiger charge is 2.21. The van der Waals surface area contributed by atoms with E-state index in [0.717, 1.165) is 38.4 Å². The van der Waals surface area contributed by atoms with E-state index in [-0.39, 0.29) is 0 Å². The summed E-state index contributed by atoms with van der Waals surface area (Å²) in [6.07, 6.45) is 3.55. The second-order valence-corrected chi connectivity index (χ2v) is 5.61. The third-order valence-electron chi connectivity index (χ3n) is 3.84. The van der Waals surface area contributed by atoms with Crippen LogP contribution in [-0.2, 0) is 6.54 Å². The van der Waals surface area contributed by atoms with E-state index < -0.39 is 0 Å². The molecule has 1 saturated heterocycles. The second-order valence-electron chi connectivity index (χ2n) is 5.61. The molecule has 112 valence electrons. The summed E-state index contributed by atoms with van der Waals surface area (Å²) in [6.45, 7) is 9.72. The zero-order chi connectivity index (χ0) is 14.2. The molecule has 1 N–H and O–H groups in total. The van der Waals surface area contributed by atoms with Crippen LogP contribution in [0.1, 0.15) is 38.7 Å². The topological polar surface area (TPSA) is 24.5 Å². The number of nitrogens with zero attached hydrogens (tertiary/aromatic N) is 1. The van der Waals surface area contributed by atoms with Gasteiger partial charge in [-0.15, -0.1) is 0 Å². The van der Waals surface area contributed by atoms with Gasteiger partial charge in [0.05, 0.1) is 6.61 Å². The van der Waals surface area contributed by atoms with Gasteiger partial charge in [-0.3, -0.25) is 4.90 Å². The first-order valence-electron chi connectivity index (χ1n) is 8.00. The molecular formula is C17H28N2O. The summed E-state index contributed by atoms with van der Waals surface area (Å²) in [5, 5.41) is 3.47. The van der Waals surface area contributed by atoms with E-state index in [1.165, 1.54) is 24.9 Å². The molecule has 1 aromatic carbocycles. The lowest BCUT2D eigenvalue weighted by Crippen LogP contribution is -2.36. The fourth-order valence-electron chi connectivity index (χ4n) is 2.77. The molecule has 3 nitrogen and oxygen atoms in total. The minimum Gasteiger partial charge on any atom is -0.494 e. The third kappa shape index (κ3) is 4.50. The molecule has 0 radical (unpaired) electrons. The zero-order valence-electron chi connectivity index (χ0n) is 12.9. The largest absolute Gasteiger partial charge is 0.494 e. The maximum atomic E-state index is 5.64. The Bertz CT molecular complexity index is 371. The van der Waals surface area contributed by atoms with Crippen LogP contribution in [0.5, 0.6) is 5.75 Å². The van der Waals surface area contributed by atoms with Crippen molar-refractivity contribution in [3.8, 4) is 5.75 Å². The zero-order valence-corrected chi connectivity index (χ0v) is 12.9. The van der Waals surface area contributed by atoms with Crippen molar-refractivity contribution in [1.82, 2.24) is 10.2 Å². The first-order valence-corrected chi connectivity index (χ1v) is 8.00. The van der Waals surface area contributed by atoms with Crippen LogP contribution in [0.3, 0.4) is 0 Å². The maximum Gasteiger partial charge on any atom is 0.119 e. The van der Waals surface area contributed by atoms with Gasteiger partial charge < -0.3 is 10.1 Å². The molecule has 0 bridgehead atoms. The molecule has 0 amide bonds. The van der Waals surface area contributed by atoms with E-state index in [1.54, 1.807) is 0 Å². The molecule has 1 fully saturated rings. The monoisotopic (exact) mass is 276 g/mol. The van der Waals surface area contributed by atoms with Gasteiger partial charge in [0, 0.05) is 19.1 Å². The highest BCUT2D eigenvalue weighted by atomic mass is 16.5. The van der Waals surface area contributed by atoms with E-state index in [0.29, 0.717) is 6.04 Å². The third-order valence-corrected chi connectivity index (χ3v) is 3.84. The van der Waals surface area contributed by atoms with Gasteiger partial charge in [-0.1, -0.05) is 26.0 Å². The van der Waals surface area contributed by atoms with E-state index >= 15 is 0 Å². The Labute approximate surface area is 123 Å². The van der Waals surface area contributed by atoms with Gasteiger partial charge in [0.15, 0.2) is 0 Å². The Morgan fingerprint density at radius 1 is 1.20 bits per heavy atom. The molecule has 1 aromatic rings. The molecule has 1 atom stereocenters. The molecule has 1 heterocycles. The van der Waals surface area contributed by atoms with Crippen LogP contribution in [0.25, 0.3) is 0 Å². The average molecular weight is 276 g/mol. The number of hydrogen-bond donors (Lipinski definition) is 1. The summed E-state index contributed by atoms with van der Waals surface area (Å²) < 4.78 is 5.64. The Kier molecular flexibility index (Phi) is 6.34. The second kappa shape index (κ2) is 8.28. The lowest BCUT2D eigenvalue weighted by Gasteiger charge is -2.28. The molecule has 0 spiro atoms. The van der Waals surface area contributed by atoms with Crippen LogP contribution >= 0.6 is 0 Å². The van der Waals surface area contributed by atoms with Gasteiger partial charge in [-0.25, -0.2) is 0 Å². The molecule has 2 rings (SSSR count). The number of hydrogen-bond acceptors (Lipinski definition) is 3. The quantitative estimate of drug-likeness (QED) is 0.790. The number of nitrogens with one attached hydrogen (secondary N) is 1. The van der Waals surface area contributed by atoms with Gasteiger partial charge in [0.2, 0.25) is 0 Å². The Hall–Kier alpha value is -1.06. The molecule has 20 heavy (non-hydrogen) atoms. The molecule has 1 unspecified atom stereocenters. The van der Waals surface area contributed by atoms with Crippen LogP contribution < -0.4 is 10.1 Å². The van der Waals surface area contributed by atoms with E-state index in [9.17, 15) is 0 Å². The van der Waals surface area contributed by atoms with Crippen molar-refractivity contribution in [2.45, 2.75) is 45.7 Å². The summed E-state index contributed by atoms with van der Waals surface area (Å²) in [5.74, 6) is 0.986. The Morgan fingerprint density at radius 2 is 2.00 bits per heavy atom. The Balaban J connectivity index is 1.91. The summed E-state index contributed by atoms with van der Waals surface area (Å²) in [7, 11) is 0. The van der Waals surface area contributed by atoms with Crippen molar-refractivity contribution in [2.24, 2.45) is 0 Å². The first kappa shape index (κ1) is 15.3. The highest BCUT2D eigenvalue weighted by Crippen LogP contribution is 2.17. The van der Waals surface area contributed by atoms with Crippen molar-refractivity contribution < 1.29 is 4.74 Å². The normalized spacial score (nSPS) is 18.6. The molecule has 1 aliphatic heterocycles. The first-order chi connectivity index (χ1) is 9.83. The van der Waals surface area contributed by atoms with Crippen LogP contribution in [0.15, 0.2) is 24.3 Å². The number of rotatable bonds is 8. The standard InChI is InChI=1S/C17H28N2O/c1-3-11-19(16-9-10-18-13-16)14-15-5-7-17(8-6-15)20-12-4-2/h5-8,16,18H,3-4,9-14H2,1-2H3. The van der Waals surface area contributed by atoms with Crippen LogP contribution in [0, 0.1) is 0 Å². The van der Waals surface area contributed by atoms with Crippen LogP contribution in [0.2, 0.25) is 0 Å². The van der Waals surface area contributed by atoms with E-state index in [2.05, 4.69) is 48.3 Å². The molecule has 0 aromatic heterocycles. The summed E-state index contributed by atoms with van der Waals surface area (Å²) in [4.78, 5) is 2.61. The smallest absolute Gasteiger partial charge is 0.119 e. The minimum absolute atomic E-state index is 0.700. The predicted octanol–water partition coefficient (Wildman–Crippen LogP) is 3.05. The van der Waals surface area contributed by atoms with Gasteiger partial charge >= 0.3 is 0 Å². The number of ether oxygens (including phenoxy) is 1. The van der Waals surface area contributed by atoms with Gasteiger partial charge in [0.1, 0.15) is 5.75 Å². The summed E-state index contributed by atoms with van der Waals surface area (Å²) in [5.41, 5.74) is 1.38. The predicted molar refractivity (Wildman–Crippen MR) is 84.2 cm³/mol. The van der Waals surface area contributed by atoms with E-state index in [4.69, 9.17) is 4.74 Å². The lowest BCUT2D eigenvalue weighted by atomic mass is 10.1. The van der Waals surface area contributed by atoms with Crippen LogP contribution in [0.4, 0.5) is 0 Å². The van der Waals surface area contributed by atoms with Crippen molar-refractivity contribution >= 4 is 0 Å². The Morgan fingerprint density at radius 3 is 2.60 bits per heavy atom. The lowest BCUT2D eigenvalue weighted by molar-refractivity contribution is 0.199. The molecule has 3 heteroatoms. The van der Waals surface area contributed by atoms with E-state index in [1.807, 2.05) is 0 Å². The number of benzene rings is 1. The fourth-order valence-corrected chi connectivity index (χ4v) is 2.77. The minimum atomic E-state index is 0.700. The SMILES string of the molecule is CCCOc1ccc(CN(CCC)C2CCNC2)cc1. The highest BCUT2D eigenvalue weighted by molar-refractivity contribution is 5.27. The van der Waals surface area contributed by atoms with Crippen molar-refractivity contribution in [1.29, 1.82) is 0 Å². The van der Waals surface area contributed by atoms with Gasteiger partial charge in [0.25, 0.3) is 0 Å². The van der Waals surface area contributed by atoms with Crippen LogP contribution in [-0.4, -0.2) is 37.2 Å². The molecule has 0 aliphatic carbocycles. The molecule has 0 saturated carbocycles. The van der Waals surface area contributed by atoms with Crippen molar-refractivity contribution in [2.75, 3.05) is 26.2 Å². The van der Waals surface area contributed by atoms with Crippen molar-refractivity contribution in [3.05, 3.63) is 29.8 Å². The molecular weight excluding hydrogens is 248 g/mol. The summed E-state index contributed by atoms with van der Waals surface area (Å²) in [6, 6.07) is 9.31. The van der Waals surface area contributed by atoms with Gasteiger partial charge in [-0.2, -0.15) is 0 Å². The molecule has 1 aliphatic rings. The fraction of sp³-hybridized carbons (Fsp3) is 0.647. The van der Waals surface area contributed by atoms with Gasteiger partial charge in [-0.05, 0) is 50.0 Å². The average Bonchev–Trinajstić information content (AvgIpc) is 3.00.